The highest BCUT2D eigenvalue weighted by atomic mass is 19.1. The normalized spacial score (nSPS) is 14.0. The molecular weight excluding hydrogens is 405 g/mol. The molecule has 1 aliphatic heterocycles. The molecule has 0 spiro atoms. The summed E-state index contributed by atoms with van der Waals surface area (Å²) in [6.07, 6.45) is 5.48. The number of aryl methyl sites for hydroxylation is 1. The summed E-state index contributed by atoms with van der Waals surface area (Å²) in [7, 11) is 0. The first kappa shape index (κ1) is 20.4. The third kappa shape index (κ3) is 3.77. The number of halogens is 1. The molecule has 1 fully saturated rings. The van der Waals surface area contributed by atoms with Crippen LogP contribution in [0.2, 0.25) is 0 Å². The maximum absolute atomic E-state index is 14.7. The average molecular weight is 432 g/mol. The molecule has 0 saturated carbocycles. The second kappa shape index (κ2) is 8.18. The summed E-state index contributed by atoms with van der Waals surface area (Å²) in [5.41, 5.74) is 3.88. The predicted molar refractivity (Wildman–Crippen MR) is 125 cm³/mol. The molecule has 4 heterocycles. The van der Waals surface area contributed by atoms with Gasteiger partial charge in [-0.15, -0.1) is 0 Å². The van der Waals surface area contributed by atoms with Crippen molar-refractivity contribution in [2.75, 3.05) is 23.3 Å². The van der Waals surface area contributed by atoms with Gasteiger partial charge in [0.05, 0.1) is 29.1 Å². The van der Waals surface area contributed by atoms with Crippen LogP contribution in [0.25, 0.3) is 22.3 Å². The predicted octanol–water partition coefficient (Wildman–Crippen LogP) is 5.26. The molecular formula is C24H26FN7. The number of rotatable bonds is 5. The topological polar surface area (TPSA) is 71.8 Å². The van der Waals surface area contributed by atoms with Crippen molar-refractivity contribution in [3.05, 3.63) is 54.4 Å². The molecule has 0 bridgehead atoms. The Bertz CT molecular complexity index is 1260. The Morgan fingerprint density at radius 2 is 1.81 bits per heavy atom. The third-order valence-electron chi connectivity index (χ3n) is 5.86. The molecule has 1 aliphatic rings. The van der Waals surface area contributed by atoms with E-state index >= 15 is 0 Å². The quantitative estimate of drug-likeness (QED) is 0.465. The highest BCUT2D eigenvalue weighted by Gasteiger charge is 2.16. The third-order valence-corrected chi connectivity index (χ3v) is 5.86. The minimum absolute atomic E-state index is 0.243. The fraction of sp³-hybridized carbons (Fsp3) is 0.333. The number of hydrogen-bond acceptors (Lipinski definition) is 6. The molecule has 3 aromatic heterocycles. The summed E-state index contributed by atoms with van der Waals surface area (Å²) in [4.78, 5) is 20.0. The van der Waals surface area contributed by atoms with Gasteiger partial charge in [0.15, 0.2) is 5.82 Å². The van der Waals surface area contributed by atoms with Crippen LogP contribution in [0.3, 0.4) is 0 Å². The fourth-order valence-electron chi connectivity index (χ4n) is 4.38. The van der Waals surface area contributed by atoms with Crippen molar-refractivity contribution < 1.29 is 4.39 Å². The van der Waals surface area contributed by atoms with Crippen LogP contribution in [0.5, 0.6) is 0 Å². The minimum atomic E-state index is -0.473. The Morgan fingerprint density at radius 3 is 2.53 bits per heavy atom. The molecule has 8 heteroatoms. The second-order valence-electron chi connectivity index (χ2n) is 8.44. The summed E-state index contributed by atoms with van der Waals surface area (Å²) in [6, 6.07) is 9.87. The lowest BCUT2D eigenvalue weighted by Crippen LogP contribution is -2.17. The molecule has 7 nitrogen and oxygen atoms in total. The van der Waals surface area contributed by atoms with Gasteiger partial charge in [0.25, 0.3) is 0 Å². The molecule has 164 valence electrons. The lowest BCUT2D eigenvalue weighted by molar-refractivity contribution is 0.600. The van der Waals surface area contributed by atoms with Gasteiger partial charge in [-0.2, -0.15) is 0 Å². The van der Waals surface area contributed by atoms with E-state index in [2.05, 4.69) is 48.6 Å². The van der Waals surface area contributed by atoms with Gasteiger partial charge in [0.1, 0.15) is 17.3 Å². The molecule has 0 radical (unpaired) electrons. The van der Waals surface area contributed by atoms with E-state index in [9.17, 15) is 4.39 Å². The van der Waals surface area contributed by atoms with Gasteiger partial charge in [-0.1, -0.05) is 6.07 Å². The van der Waals surface area contributed by atoms with Crippen LogP contribution in [-0.4, -0.2) is 37.6 Å². The zero-order valence-electron chi connectivity index (χ0n) is 18.5. The van der Waals surface area contributed by atoms with E-state index in [0.29, 0.717) is 17.3 Å². The lowest BCUT2D eigenvalue weighted by atomic mass is 10.1. The van der Waals surface area contributed by atoms with Gasteiger partial charge >= 0.3 is 0 Å². The molecule has 1 aromatic carbocycles. The molecule has 5 rings (SSSR count). The Hall–Kier alpha value is -3.55. The van der Waals surface area contributed by atoms with Gasteiger partial charge in [-0.3, -0.25) is 0 Å². The zero-order chi connectivity index (χ0) is 22.2. The number of benzene rings is 1. The Kier molecular flexibility index (Phi) is 5.20. The van der Waals surface area contributed by atoms with E-state index in [1.54, 1.807) is 0 Å². The molecule has 1 N–H and O–H groups in total. The average Bonchev–Trinajstić information content (AvgIpc) is 3.42. The number of pyridine rings is 1. The Balaban J connectivity index is 1.44. The van der Waals surface area contributed by atoms with Gasteiger partial charge in [0.2, 0.25) is 5.95 Å². The number of anilines is 3. The highest BCUT2D eigenvalue weighted by Crippen LogP contribution is 2.28. The SMILES string of the molecule is Cc1nc2ccc(-c3nc(Nc4ccc(N5CCCC5)cn4)ncc3F)cc2n1C(C)C. The van der Waals surface area contributed by atoms with E-state index in [0.717, 1.165) is 35.6 Å². The van der Waals surface area contributed by atoms with Crippen LogP contribution in [0.15, 0.2) is 42.7 Å². The Labute approximate surface area is 186 Å². The van der Waals surface area contributed by atoms with E-state index in [1.807, 2.05) is 43.5 Å². The Morgan fingerprint density at radius 1 is 1.00 bits per heavy atom. The van der Waals surface area contributed by atoms with Gasteiger partial charge in [-0.05, 0) is 57.9 Å². The lowest BCUT2D eigenvalue weighted by Gasteiger charge is -2.17. The fourth-order valence-corrected chi connectivity index (χ4v) is 4.38. The first-order valence-corrected chi connectivity index (χ1v) is 11.0. The van der Waals surface area contributed by atoms with E-state index in [1.165, 1.54) is 19.0 Å². The van der Waals surface area contributed by atoms with E-state index < -0.39 is 5.82 Å². The zero-order valence-corrected chi connectivity index (χ0v) is 18.5. The maximum Gasteiger partial charge on any atom is 0.229 e. The number of aromatic nitrogens is 5. The largest absolute Gasteiger partial charge is 0.370 e. The van der Waals surface area contributed by atoms with Crippen molar-refractivity contribution >= 4 is 28.5 Å². The summed E-state index contributed by atoms with van der Waals surface area (Å²) >= 11 is 0. The first-order valence-electron chi connectivity index (χ1n) is 11.0. The molecule has 0 amide bonds. The number of nitrogens with zero attached hydrogens (tertiary/aromatic N) is 6. The van der Waals surface area contributed by atoms with Gasteiger partial charge in [-0.25, -0.2) is 24.3 Å². The number of imidazole rings is 1. The maximum atomic E-state index is 14.7. The summed E-state index contributed by atoms with van der Waals surface area (Å²) < 4.78 is 16.8. The highest BCUT2D eigenvalue weighted by molar-refractivity contribution is 5.82. The van der Waals surface area contributed by atoms with Crippen molar-refractivity contribution in [2.24, 2.45) is 0 Å². The van der Waals surface area contributed by atoms with Crippen LogP contribution >= 0.6 is 0 Å². The van der Waals surface area contributed by atoms with Crippen molar-refractivity contribution in [1.29, 1.82) is 0 Å². The number of hydrogen-bond donors (Lipinski definition) is 1. The van der Waals surface area contributed by atoms with Crippen molar-refractivity contribution in [3.8, 4) is 11.3 Å². The minimum Gasteiger partial charge on any atom is -0.370 e. The second-order valence-corrected chi connectivity index (χ2v) is 8.44. The summed E-state index contributed by atoms with van der Waals surface area (Å²) in [5, 5.41) is 3.09. The van der Waals surface area contributed by atoms with E-state index in [4.69, 9.17) is 0 Å². The molecule has 1 saturated heterocycles. The molecule has 0 atom stereocenters. The number of fused-ring (bicyclic) bond motifs is 1. The van der Waals surface area contributed by atoms with E-state index in [-0.39, 0.29) is 11.7 Å². The molecule has 4 aromatic rings. The molecule has 0 aliphatic carbocycles. The molecule has 32 heavy (non-hydrogen) atoms. The summed E-state index contributed by atoms with van der Waals surface area (Å²) in [6.45, 7) is 8.33. The van der Waals surface area contributed by atoms with Crippen LogP contribution in [-0.2, 0) is 0 Å². The van der Waals surface area contributed by atoms with Crippen LogP contribution < -0.4 is 10.2 Å². The van der Waals surface area contributed by atoms with Crippen molar-refractivity contribution in [3.63, 3.8) is 0 Å². The van der Waals surface area contributed by atoms with Crippen molar-refractivity contribution in [2.45, 2.75) is 39.7 Å². The van der Waals surface area contributed by atoms with Crippen LogP contribution in [0.1, 0.15) is 38.6 Å². The monoisotopic (exact) mass is 431 g/mol. The first-order chi connectivity index (χ1) is 15.5. The number of nitrogens with one attached hydrogen (secondary N) is 1. The van der Waals surface area contributed by atoms with Crippen molar-refractivity contribution in [1.82, 2.24) is 24.5 Å². The van der Waals surface area contributed by atoms with Gasteiger partial charge in [0, 0.05) is 24.7 Å². The molecule has 0 unspecified atom stereocenters. The van der Waals surface area contributed by atoms with Crippen LogP contribution in [0, 0.1) is 12.7 Å². The van der Waals surface area contributed by atoms with Crippen LogP contribution in [0.4, 0.5) is 21.8 Å². The smallest absolute Gasteiger partial charge is 0.229 e. The summed E-state index contributed by atoms with van der Waals surface area (Å²) in [5.74, 6) is 1.38. The standard InChI is InChI=1S/C24H26FN7/c1-15(2)32-16(3)28-20-8-6-17(12-21(20)32)23-19(25)14-27-24(30-23)29-22-9-7-18(13-26-22)31-10-4-5-11-31/h6-9,12-15H,4-5,10-11H2,1-3H3,(H,26,27,29,30). The van der Waals surface area contributed by atoms with Gasteiger partial charge < -0.3 is 14.8 Å².